The zero-order chi connectivity index (χ0) is 20.0. The first-order chi connectivity index (χ1) is 13.6. The van der Waals surface area contributed by atoms with Crippen LogP contribution in [0.15, 0.2) is 72.8 Å². The van der Waals surface area contributed by atoms with Gasteiger partial charge in [0.2, 0.25) is 5.82 Å². The van der Waals surface area contributed by atoms with Gasteiger partial charge in [0.05, 0.1) is 0 Å². The van der Waals surface area contributed by atoms with Crippen molar-refractivity contribution in [2.45, 2.75) is 19.8 Å². The van der Waals surface area contributed by atoms with Gasteiger partial charge in [0.25, 0.3) is 0 Å². The summed E-state index contributed by atoms with van der Waals surface area (Å²) in [6.07, 6.45) is 1.70. The van der Waals surface area contributed by atoms with E-state index < -0.39 is 26.0 Å². The van der Waals surface area contributed by atoms with Crippen molar-refractivity contribution in [2.75, 3.05) is 6.61 Å². The Morgan fingerprint density at radius 3 is 1.86 bits per heavy atom. The summed E-state index contributed by atoms with van der Waals surface area (Å²) < 4.78 is 54.1. The van der Waals surface area contributed by atoms with Gasteiger partial charge in [-0.15, -0.1) is 0 Å². The molecule has 0 N–H and O–H groups in total. The van der Waals surface area contributed by atoms with E-state index in [0.29, 0.717) is 6.61 Å². The number of halogens is 3. The molecule has 0 fully saturated rings. The maximum Gasteiger partial charge on any atom is 0.468 e. The summed E-state index contributed by atoms with van der Waals surface area (Å²) in [6.45, 7) is 2.44. The van der Waals surface area contributed by atoms with E-state index in [1.165, 1.54) is 0 Å². The molecule has 2 nitrogen and oxygen atoms in total. The van der Waals surface area contributed by atoms with E-state index in [1.54, 1.807) is 0 Å². The lowest BCUT2D eigenvalue weighted by atomic mass is 10.3. The van der Waals surface area contributed by atoms with E-state index in [9.17, 15) is 13.2 Å². The number of rotatable bonds is 8. The first-order valence-electron chi connectivity index (χ1n) is 9.16. The molecule has 0 bridgehead atoms. The fraction of sp³-hybridized carbons (Fsp3) is 0.182. The highest BCUT2D eigenvalue weighted by molar-refractivity contribution is 6.93. The van der Waals surface area contributed by atoms with E-state index in [0.717, 1.165) is 35.3 Å². The molecule has 0 saturated heterocycles. The Morgan fingerprint density at radius 2 is 1.32 bits per heavy atom. The Balaban J connectivity index is 2.16. The smallest absolute Gasteiger partial charge is 0.468 e. The molecule has 0 aliphatic rings. The number of hydrogen-bond acceptors (Lipinski definition) is 2. The van der Waals surface area contributed by atoms with Crippen LogP contribution in [-0.2, 0) is 4.43 Å². The second-order valence-electron chi connectivity index (χ2n) is 6.33. The predicted octanol–water partition coefficient (Wildman–Crippen LogP) is 4.56. The van der Waals surface area contributed by atoms with Crippen LogP contribution in [0.25, 0.3) is 0 Å². The molecule has 28 heavy (non-hydrogen) atoms. The Kier molecular flexibility index (Phi) is 6.54. The van der Waals surface area contributed by atoms with Crippen LogP contribution in [0, 0.1) is 17.5 Å². The van der Waals surface area contributed by atoms with Crippen LogP contribution >= 0.6 is 0 Å². The van der Waals surface area contributed by atoms with Crippen molar-refractivity contribution in [1.82, 2.24) is 0 Å². The Morgan fingerprint density at radius 1 is 0.750 bits per heavy atom. The second kappa shape index (κ2) is 9.08. The Labute approximate surface area is 163 Å². The highest BCUT2D eigenvalue weighted by atomic mass is 28.4. The van der Waals surface area contributed by atoms with Crippen molar-refractivity contribution in [1.29, 1.82) is 0 Å². The Hall–Kier alpha value is -2.57. The summed E-state index contributed by atoms with van der Waals surface area (Å²) in [5.74, 6) is -4.55. The van der Waals surface area contributed by atoms with Crippen LogP contribution in [0.5, 0.6) is 5.75 Å². The van der Waals surface area contributed by atoms with Crippen LogP contribution in [0.4, 0.5) is 13.2 Å². The van der Waals surface area contributed by atoms with Gasteiger partial charge in [0.15, 0.2) is 11.6 Å². The predicted molar refractivity (Wildman–Crippen MR) is 106 cm³/mol. The fourth-order valence-electron chi connectivity index (χ4n) is 2.90. The minimum absolute atomic E-state index is 0.366. The third-order valence-corrected chi connectivity index (χ3v) is 7.67. The van der Waals surface area contributed by atoms with E-state index in [4.69, 9.17) is 8.85 Å². The van der Waals surface area contributed by atoms with Crippen LogP contribution in [0.3, 0.4) is 0 Å². The van der Waals surface area contributed by atoms with Crippen molar-refractivity contribution in [3.05, 3.63) is 90.2 Å². The molecule has 3 rings (SSSR count). The average Bonchev–Trinajstić information content (AvgIpc) is 2.74. The van der Waals surface area contributed by atoms with Gasteiger partial charge in [-0.2, -0.15) is 4.39 Å². The topological polar surface area (TPSA) is 18.5 Å². The Bertz CT molecular complexity index is 865. The third kappa shape index (κ3) is 4.13. The van der Waals surface area contributed by atoms with Gasteiger partial charge in [-0.25, -0.2) is 8.78 Å². The summed E-state index contributed by atoms with van der Waals surface area (Å²) in [7, 11) is -3.43. The minimum atomic E-state index is -3.43. The standard InChI is InChI=1S/C22H21F3O2Si/c1-2-3-16-26-28(17-10-6-4-7-11-17,18-12-8-5-9-13-18)27-20-15-14-19(23)21(24)22(20)25/h4-15H,2-3,16H2,1H3. The molecule has 0 unspecified atom stereocenters. The normalized spacial score (nSPS) is 11.4. The summed E-state index contributed by atoms with van der Waals surface area (Å²) in [5, 5.41) is 1.50. The maximum atomic E-state index is 14.4. The molecular formula is C22H21F3O2Si. The lowest BCUT2D eigenvalue weighted by molar-refractivity contribution is 0.250. The summed E-state index contributed by atoms with van der Waals surface area (Å²) in [6, 6.07) is 20.4. The van der Waals surface area contributed by atoms with Crippen LogP contribution in [0.2, 0.25) is 0 Å². The van der Waals surface area contributed by atoms with Gasteiger partial charge in [-0.1, -0.05) is 74.0 Å². The summed E-state index contributed by atoms with van der Waals surface area (Å²) in [4.78, 5) is 0. The lowest BCUT2D eigenvalue weighted by Gasteiger charge is -2.32. The molecule has 0 amide bonds. The molecule has 0 spiro atoms. The molecule has 6 heteroatoms. The minimum Gasteiger partial charge on any atom is -0.511 e. The van der Waals surface area contributed by atoms with Crippen molar-refractivity contribution in [3.63, 3.8) is 0 Å². The van der Waals surface area contributed by atoms with Crippen LogP contribution in [-0.4, -0.2) is 15.2 Å². The number of unbranched alkanes of at least 4 members (excludes halogenated alkanes) is 1. The maximum absolute atomic E-state index is 14.4. The zero-order valence-electron chi connectivity index (χ0n) is 15.5. The monoisotopic (exact) mass is 402 g/mol. The molecule has 0 radical (unpaired) electrons. The molecule has 0 atom stereocenters. The van der Waals surface area contributed by atoms with Crippen molar-refractivity contribution >= 4 is 18.9 Å². The molecule has 3 aromatic carbocycles. The van der Waals surface area contributed by atoms with E-state index >= 15 is 0 Å². The fourth-order valence-corrected chi connectivity index (χ4v) is 6.02. The van der Waals surface area contributed by atoms with E-state index in [-0.39, 0.29) is 5.75 Å². The highest BCUT2D eigenvalue weighted by Gasteiger charge is 2.45. The molecule has 0 saturated carbocycles. The summed E-state index contributed by atoms with van der Waals surface area (Å²) >= 11 is 0. The van der Waals surface area contributed by atoms with Crippen molar-refractivity contribution < 1.29 is 22.0 Å². The largest absolute Gasteiger partial charge is 0.511 e. The van der Waals surface area contributed by atoms with Gasteiger partial charge in [0.1, 0.15) is 5.75 Å². The van der Waals surface area contributed by atoms with E-state index in [2.05, 4.69) is 0 Å². The van der Waals surface area contributed by atoms with Gasteiger partial charge in [0, 0.05) is 17.0 Å². The molecular weight excluding hydrogens is 381 g/mol. The summed E-state index contributed by atoms with van der Waals surface area (Å²) in [5.41, 5.74) is 0. The number of benzene rings is 3. The van der Waals surface area contributed by atoms with Crippen molar-refractivity contribution in [3.8, 4) is 5.75 Å². The van der Waals surface area contributed by atoms with Gasteiger partial charge >= 0.3 is 8.56 Å². The highest BCUT2D eigenvalue weighted by Crippen LogP contribution is 2.25. The average molecular weight is 402 g/mol. The lowest BCUT2D eigenvalue weighted by Crippen LogP contribution is -2.66. The van der Waals surface area contributed by atoms with Gasteiger partial charge in [-0.05, 0) is 18.6 Å². The zero-order valence-corrected chi connectivity index (χ0v) is 16.5. The first-order valence-corrected chi connectivity index (χ1v) is 11.0. The molecule has 0 aliphatic carbocycles. The van der Waals surface area contributed by atoms with Crippen LogP contribution in [0.1, 0.15) is 19.8 Å². The molecule has 0 aliphatic heterocycles. The molecule has 3 aromatic rings. The first kappa shape index (κ1) is 20.2. The van der Waals surface area contributed by atoms with Gasteiger partial charge in [-0.3, -0.25) is 0 Å². The van der Waals surface area contributed by atoms with Crippen LogP contribution < -0.4 is 14.8 Å². The molecule has 146 valence electrons. The SMILES string of the molecule is CCCCO[Si](Oc1ccc(F)c(F)c1F)(c1ccccc1)c1ccccc1. The van der Waals surface area contributed by atoms with E-state index in [1.807, 2.05) is 67.6 Å². The molecule has 0 heterocycles. The molecule has 0 aromatic heterocycles. The quantitative estimate of drug-likeness (QED) is 0.313. The third-order valence-electron chi connectivity index (χ3n) is 4.36. The van der Waals surface area contributed by atoms with Gasteiger partial charge < -0.3 is 8.85 Å². The van der Waals surface area contributed by atoms with Crippen molar-refractivity contribution in [2.24, 2.45) is 0 Å². The number of hydrogen-bond donors (Lipinski definition) is 0. The second-order valence-corrected chi connectivity index (χ2v) is 9.21.